The minimum Gasteiger partial charge on any atom is -0.399 e. The molecule has 4 rings (SSSR count). The van der Waals surface area contributed by atoms with E-state index in [1.165, 1.54) is 6.07 Å². The van der Waals surface area contributed by atoms with E-state index in [0.717, 1.165) is 31.3 Å². The number of hydrogen-bond acceptors (Lipinski definition) is 7. The molecule has 7 nitrogen and oxygen atoms in total. The van der Waals surface area contributed by atoms with Gasteiger partial charge in [-0.15, -0.1) is 5.10 Å². The first-order valence-electron chi connectivity index (χ1n) is 10.3. The fourth-order valence-corrected chi connectivity index (χ4v) is 4.03. The number of alkyl halides is 2. The van der Waals surface area contributed by atoms with Gasteiger partial charge in [-0.2, -0.15) is 5.10 Å². The van der Waals surface area contributed by atoms with Gasteiger partial charge in [0.05, 0.1) is 40.8 Å². The van der Waals surface area contributed by atoms with E-state index in [-0.39, 0.29) is 17.4 Å². The maximum Gasteiger partial charge on any atom is 0.266 e. The largest absolute Gasteiger partial charge is 0.399 e. The Morgan fingerprint density at radius 3 is 2.66 bits per heavy atom. The molecular weight excluding hydrogens is 421 g/mol. The first-order valence-corrected chi connectivity index (χ1v) is 10.3. The number of methoxy groups -OCH3 is 1. The third-order valence-corrected chi connectivity index (χ3v) is 5.82. The van der Waals surface area contributed by atoms with Gasteiger partial charge in [0.15, 0.2) is 5.82 Å². The van der Waals surface area contributed by atoms with Gasteiger partial charge in [0.1, 0.15) is 5.82 Å². The fourth-order valence-electron chi connectivity index (χ4n) is 4.03. The molecule has 0 unspecified atom stereocenters. The summed E-state index contributed by atoms with van der Waals surface area (Å²) in [5.74, 6) is -0.601. The Morgan fingerprint density at radius 2 is 1.97 bits per heavy atom. The van der Waals surface area contributed by atoms with E-state index in [0.29, 0.717) is 22.4 Å². The molecule has 1 aliphatic rings. The zero-order valence-corrected chi connectivity index (χ0v) is 18.1. The molecule has 1 aliphatic heterocycles. The Hall–Kier alpha value is -3.14. The molecule has 0 spiro atoms. The first-order chi connectivity index (χ1) is 15.3. The lowest BCUT2D eigenvalue weighted by Gasteiger charge is -2.21. The van der Waals surface area contributed by atoms with E-state index < -0.39 is 23.8 Å². The van der Waals surface area contributed by atoms with Gasteiger partial charge in [-0.05, 0) is 38.5 Å². The highest BCUT2D eigenvalue weighted by Gasteiger charge is 2.24. The number of ether oxygens (including phenoxy) is 1. The quantitative estimate of drug-likeness (QED) is 0.543. The molecule has 32 heavy (non-hydrogen) atoms. The number of halogens is 3. The van der Waals surface area contributed by atoms with Crippen molar-refractivity contribution in [3.8, 4) is 0 Å². The van der Waals surface area contributed by atoms with Crippen molar-refractivity contribution in [2.24, 2.45) is 0 Å². The number of nitrogen functional groups attached to an aromatic ring is 1. The van der Waals surface area contributed by atoms with Crippen LogP contribution in [0.5, 0.6) is 0 Å². The topological polar surface area (TPSA) is 89.2 Å². The monoisotopic (exact) mass is 446 g/mol. The molecule has 1 saturated heterocycles. The van der Waals surface area contributed by atoms with Crippen LogP contribution in [0.2, 0.25) is 0 Å². The Labute approximate surface area is 183 Å². The van der Waals surface area contributed by atoms with E-state index in [2.05, 4.69) is 25.4 Å². The zero-order valence-electron chi connectivity index (χ0n) is 18.1. The number of aryl methyl sites for hydroxylation is 1. The summed E-state index contributed by atoms with van der Waals surface area (Å²) < 4.78 is 46.6. The average molecular weight is 446 g/mol. The van der Waals surface area contributed by atoms with Crippen LogP contribution >= 0.6 is 0 Å². The average Bonchev–Trinajstić information content (AvgIpc) is 3.26. The van der Waals surface area contributed by atoms with Crippen molar-refractivity contribution in [3.05, 3.63) is 47.0 Å². The van der Waals surface area contributed by atoms with E-state index in [1.54, 1.807) is 27.2 Å². The second-order valence-electron chi connectivity index (χ2n) is 8.00. The molecule has 3 N–H and O–H groups in total. The van der Waals surface area contributed by atoms with E-state index >= 15 is 0 Å². The lowest BCUT2D eigenvalue weighted by atomic mass is 10.0. The van der Waals surface area contributed by atoms with E-state index in [1.807, 2.05) is 6.07 Å². The highest BCUT2D eigenvalue weighted by Crippen LogP contribution is 2.33. The van der Waals surface area contributed by atoms with E-state index in [9.17, 15) is 13.2 Å². The van der Waals surface area contributed by atoms with Crippen molar-refractivity contribution in [3.63, 3.8) is 0 Å². The summed E-state index contributed by atoms with van der Waals surface area (Å²) in [7, 11) is 1.70. The van der Waals surface area contributed by atoms with Crippen LogP contribution in [0.15, 0.2) is 24.4 Å². The van der Waals surface area contributed by atoms with Gasteiger partial charge < -0.3 is 20.7 Å². The summed E-state index contributed by atoms with van der Waals surface area (Å²) >= 11 is 0. The van der Waals surface area contributed by atoms with Crippen LogP contribution in [0, 0.1) is 12.7 Å². The summed E-state index contributed by atoms with van der Waals surface area (Å²) in [5, 5.41) is 12.2. The number of hydrogen-bond donors (Lipinski definition) is 2. The predicted molar refractivity (Wildman–Crippen MR) is 118 cm³/mol. The predicted octanol–water partition coefficient (Wildman–Crippen LogP) is 4.39. The van der Waals surface area contributed by atoms with Crippen LogP contribution in [-0.2, 0) is 4.74 Å². The maximum atomic E-state index is 14.7. The Morgan fingerprint density at radius 1 is 1.22 bits per heavy atom. The van der Waals surface area contributed by atoms with Crippen LogP contribution in [0.3, 0.4) is 0 Å². The number of rotatable bonds is 6. The number of benzene rings is 1. The SMILES string of the molecule is CO[C@H]1CCN(c2cnc3c(C)nnc(N[C@H](C)c4cc(N)cc(C(F)F)c4F)c3c2)C1. The van der Waals surface area contributed by atoms with Crippen LogP contribution in [0.4, 0.5) is 30.4 Å². The second kappa shape index (κ2) is 8.78. The molecule has 0 aliphatic carbocycles. The summed E-state index contributed by atoms with van der Waals surface area (Å²) in [6.45, 7) is 5.05. The van der Waals surface area contributed by atoms with Gasteiger partial charge >= 0.3 is 0 Å². The number of nitrogens with zero attached hydrogens (tertiary/aromatic N) is 4. The summed E-state index contributed by atoms with van der Waals surface area (Å²) in [6.07, 6.45) is -0.0935. The molecule has 2 atom stereocenters. The molecule has 10 heteroatoms. The van der Waals surface area contributed by atoms with Gasteiger partial charge in [0, 0.05) is 36.8 Å². The highest BCUT2D eigenvalue weighted by atomic mass is 19.3. The van der Waals surface area contributed by atoms with Crippen LogP contribution in [0.1, 0.15) is 42.6 Å². The fraction of sp³-hybridized carbons (Fsp3) is 0.409. The van der Waals surface area contributed by atoms with Gasteiger partial charge in [-0.3, -0.25) is 4.98 Å². The lowest BCUT2D eigenvalue weighted by Crippen LogP contribution is -2.22. The van der Waals surface area contributed by atoms with Crippen LogP contribution in [0.25, 0.3) is 10.9 Å². The minimum atomic E-state index is -2.97. The van der Waals surface area contributed by atoms with Crippen molar-refractivity contribution < 1.29 is 17.9 Å². The van der Waals surface area contributed by atoms with Crippen LogP contribution < -0.4 is 16.0 Å². The molecule has 0 amide bonds. The third-order valence-electron chi connectivity index (χ3n) is 5.82. The Balaban J connectivity index is 1.70. The lowest BCUT2D eigenvalue weighted by molar-refractivity contribution is 0.121. The molecule has 170 valence electrons. The van der Waals surface area contributed by atoms with Crippen molar-refractivity contribution in [2.45, 2.75) is 38.8 Å². The normalized spacial score (nSPS) is 17.3. The number of pyridine rings is 1. The molecule has 0 bridgehead atoms. The van der Waals surface area contributed by atoms with E-state index in [4.69, 9.17) is 10.5 Å². The van der Waals surface area contributed by atoms with Gasteiger partial charge in [-0.1, -0.05) is 0 Å². The standard InChI is InChI=1S/C22H25F3N6O/c1-11(16-6-13(26)7-17(19(16)23)21(24)25)28-22-18-8-14(31-5-4-15(10-31)32-3)9-27-20(18)12(2)29-30-22/h6-9,11,15,21H,4-5,10,26H2,1-3H3,(H,28,30)/t11-,15+/m1/s1. The molecule has 1 fully saturated rings. The van der Waals surface area contributed by atoms with Gasteiger partial charge in [0.2, 0.25) is 0 Å². The zero-order chi connectivity index (χ0) is 23.0. The molecule has 0 saturated carbocycles. The maximum absolute atomic E-state index is 14.7. The highest BCUT2D eigenvalue weighted by molar-refractivity contribution is 5.92. The first kappa shape index (κ1) is 22.1. The number of fused-ring (bicyclic) bond motifs is 1. The van der Waals surface area contributed by atoms with Crippen molar-refractivity contribution >= 4 is 28.1 Å². The molecular formula is C22H25F3N6O. The van der Waals surface area contributed by atoms with Crippen molar-refractivity contribution in [2.75, 3.05) is 36.1 Å². The summed E-state index contributed by atoms with van der Waals surface area (Å²) in [4.78, 5) is 6.74. The molecule has 0 radical (unpaired) electrons. The van der Waals surface area contributed by atoms with Crippen molar-refractivity contribution in [1.82, 2.24) is 15.2 Å². The molecule has 1 aromatic carbocycles. The molecule has 3 heterocycles. The number of aromatic nitrogens is 3. The second-order valence-corrected chi connectivity index (χ2v) is 8.00. The number of nitrogens with two attached hydrogens (primary N) is 1. The van der Waals surface area contributed by atoms with Crippen LogP contribution in [-0.4, -0.2) is 41.5 Å². The Kier molecular flexibility index (Phi) is 6.05. The number of nitrogens with one attached hydrogen (secondary N) is 1. The summed E-state index contributed by atoms with van der Waals surface area (Å²) in [5.41, 5.74) is 7.33. The van der Waals surface area contributed by atoms with Gasteiger partial charge in [-0.25, -0.2) is 13.2 Å². The Bertz CT molecular complexity index is 1140. The minimum absolute atomic E-state index is 0.0300. The number of anilines is 3. The third kappa shape index (κ3) is 4.14. The van der Waals surface area contributed by atoms with Crippen molar-refractivity contribution in [1.29, 1.82) is 0 Å². The molecule has 2 aromatic heterocycles. The smallest absolute Gasteiger partial charge is 0.266 e. The summed E-state index contributed by atoms with van der Waals surface area (Å²) in [6, 6.07) is 3.57. The molecule has 3 aromatic rings. The van der Waals surface area contributed by atoms with Gasteiger partial charge in [0.25, 0.3) is 6.43 Å².